The second kappa shape index (κ2) is 5.94. The lowest BCUT2D eigenvalue weighted by Crippen LogP contribution is -2.42. The van der Waals surface area contributed by atoms with Crippen molar-refractivity contribution in [3.63, 3.8) is 0 Å². The molecule has 0 radical (unpaired) electrons. The first-order valence-corrected chi connectivity index (χ1v) is 7.23. The van der Waals surface area contributed by atoms with E-state index in [9.17, 15) is 19.7 Å². The van der Waals surface area contributed by atoms with Gasteiger partial charge >= 0.3 is 0 Å². The number of hydrogen-bond donors (Lipinski definition) is 1. The summed E-state index contributed by atoms with van der Waals surface area (Å²) in [7, 11) is 0. The standard InChI is InChI=1S/C14H16N4O5/c15-11-7-9-10(8-12(11)18(21)22)14(20)17(13(9)19)2-1-16-3-5-23-6-4-16/h7-8H,1-6,15H2. The van der Waals surface area contributed by atoms with Gasteiger partial charge in [0.05, 0.1) is 29.3 Å². The highest BCUT2D eigenvalue weighted by atomic mass is 16.6. The molecule has 0 unspecified atom stereocenters. The van der Waals surface area contributed by atoms with E-state index in [0.29, 0.717) is 19.8 Å². The zero-order valence-corrected chi connectivity index (χ0v) is 12.4. The molecule has 2 amide bonds. The van der Waals surface area contributed by atoms with Crippen molar-refractivity contribution >= 4 is 23.2 Å². The third-order valence-electron chi connectivity index (χ3n) is 4.06. The zero-order valence-electron chi connectivity index (χ0n) is 12.4. The van der Waals surface area contributed by atoms with Gasteiger partial charge in [0.15, 0.2) is 0 Å². The first-order chi connectivity index (χ1) is 11.0. The number of fused-ring (bicyclic) bond motifs is 1. The van der Waals surface area contributed by atoms with Crippen molar-refractivity contribution in [2.75, 3.05) is 45.1 Å². The molecular weight excluding hydrogens is 304 g/mol. The fourth-order valence-electron chi connectivity index (χ4n) is 2.77. The van der Waals surface area contributed by atoms with Crippen molar-refractivity contribution in [3.8, 4) is 0 Å². The monoisotopic (exact) mass is 320 g/mol. The summed E-state index contributed by atoms with van der Waals surface area (Å²) in [6.07, 6.45) is 0. The summed E-state index contributed by atoms with van der Waals surface area (Å²) in [5.74, 6) is -0.971. The summed E-state index contributed by atoms with van der Waals surface area (Å²) in [5.41, 5.74) is 5.28. The molecule has 2 N–H and O–H groups in total. The molecule has 2 aliphatic heterocycles. The normalized spacial score (nSPS) is 18.3. The summed E-state index contributed by atoms with van der Waals surface area (Å²) in [6.45, 7) is 3.55. The first kappa shape index (κ1) is 15.4. The van der Waals surface area contributed by atoms with Gasteiger partial charge in [-0.15, -0.1) is 0 Å². The number of anilines is 1. The van der Waals surface area contributed by atoms with Gasteiger partial charge in [0.25, 0.3) is 17.5 Å². The molecule has 23 heavy (non-hydrogen) atoms. The molecule has 1 aromatic rings. The quantitative estimate of drug-likeness (QED) is 0.362. The van der Waals surface area contributed by atoms with Crippen LogP contribution >= 0.6 is 0 Å². The number of rotatable bonds is 4. The molecule has 0 spiro atoms. The van der Waals surface area contributed by atoms with Crippen molar-refractivity contribution in [2.24, 2.45) is 0 Å². The van der Waals surface area contributed by atoms with E-state index in [1.54, 1.807) is 0 Å². The maximum Gasteiger partial charge on any atom is 0.292 e. The third-order valence-corrected chi connectivity index (χ3v) is 4.06. The van der Waals surface area contributed by atoms with Crippen LogP contribution in [0.1, 0.15) is 20.7 Å². The summed E-state index contributed by atoms with van der Waals surface area (Å²) in [6, 6.07) is 2.29. The molecule has 0 bridgehead atoms. The van der Waals surface area contributed by atoms with Crippen LogP contribution in [0.5, 0.6) is 0 Å². The largest absolute Gasteiger partial charge is 0.393 e. The number of nitro benzene ring substituents is 1. The van der Waals surface area contributed by atoms with Crippen molar-refractivity contribution in [1.29, 1.82) is 0 Å². The predicted molar refractivity (Wildman–Crippen MR) is 80.1 cm³/mol. The maximum absolute atomic E-state index is 12.4. The van der Waals surface area contributed by atoms with Crippen LogP contribution in [0.2, 0.25) is 0 Å². The fraction of sp³-hybridized carbons (Fsp3) is 0.429. The van der Waals surface area contributed by atoms with E-state index in [0.717, 1.165) is 24.1 Å². The maximum atomic E-state index is 12.4. The Labute approximate surface area is 131 Å². The minimum Gasteiger partial charge on any atom is -0.393 e. The van der Waals surface area contributed by atoms with E-state index in [4.69, 9.17) is 10.5 Å². The van der Waals surface area contributed by atoms with Crippen LogP contribution in [-0.4, -0.2) is 65.9 Å². The molecular formula is C14H16N4O5. The Bertz CT molecular complexity index is 684. The molecule has 1 saturated heterocycles. The Morgan fingerprint density at radius 1 is 1.13 bits per heavy atom. The summed E-state index contributed by atoms with van der Waals surface area (Å²) >= 11 is 0. The van der Waals surface area contributed by atoms with Crippen LogP contribution in [0.15, 0.2) is 12.1 Å². The van der Waals surface area contributed by atoms with Crippen LogP contribution < -0.4 is 5.73 Å². The van der Waals surface area contributed by atoms with Gasteiger partial charge in [0.2, 0.25) is 0 Å². The number of carbonyl (C=O) groups is 2. The molecule has 122 valence electrons. The number of nitrogens with two attached hydrogens (primary N) is 1. The van der Waals surface area contributed by atoms with E-state index in [1.165, 1.54) is 6.07 Å². The van der Waals surface area contributed by atoms with Gasteiger partial charge in [-0.05, 0) is 6.07 Å². The van der Waals surface area contributed by atoms with Gasteiger partial charge in [-0.2, -0.15) is 0 Å². The second-order valence-electron chi connectivity index (χ2n) is 5.43. The number of morpholine rings is 1. The van der Waals surface area contributed by atoms with Crippen LogP contribution in [0, 0.1) is 10.1 Å². The van der Waals surface area contributed by atoms with Gasteiger partial charge in [0.1, 0.15) is 5.69 Å². The highest BCUT2D eigenvalue weighted by Gasteiger charge is 2.37. The topological polar surface area (TPSA) is 119 Å². The number of benzene rings is 1. The van der Waals surface area contributed by atoms with Gasteiger partial charge in [-0.1, -0.05) is 0 Å². The molecule has 0 aliphatic carbocycles. The summed E-state index contributed by atoms with van der Waals surface area (Å²) in [5, 5.41) is 10.9. The summed E-state index contributed by atoms with van der Waals surface area (Å²) in [4.78, 5) is 38.2. The fourth-order valence-corrected chi connectivity index (χ4v) is 2.77. The highest BCUT2D eigenvalue weighted by molar-refractivity contribution is 6.22. The molecule has 2 heterocycles. The van der Waals surface area contributed by atoms with Gasteiger partial charge in [-0.3, -0.25) is 29.5 Å². The number of imide groups is 1. The Balaban J connectivity index is 1.78. The van der Waals surface area contributed by atoms with Crippen LogP contribution in [0.4, 0.5) is 11.4 Å². The minimum absolute atomic E-state index is 0.0397. The smallest absolute Gasteiger partial charge is 0.292 e. The number of carbonyl (C=O) groups excluding carboxylic acids is 2. The molecule has 2 aliphatic rings. The van der Waals surface area contributed by atoms with E-state index < -0.39 is 16.7 Å². The molecule has 0 aromatic heterocycles. The van der Waals surface area contributed by atoms with Crippen LogP contribution in [0.3, 0.4) is 0 Å². The number of hydrogen-bond acceptors (Lipinski definition) is 7. The number of ether oxygens (including phenoxy) is 1. The van der Waals surface area contributed by atoms with Gasteiger partial charge in [-0.25, -0.2) is 0 Å². The Hall–Kier alpha value is -2.52. The molecule has 0 atom stereocenters. The molecule has 9 nitrogen and oxygen atoms in total. The number of nitrogens with zero attached hydrogens (tertiary/aromatic N) is 3. The SMILES string of the molecule is Nc1cc2c(cc1[N+](=O)[O-])C(=O)N(CCN1CCOCC1)C2=O. The Morgan fingerprint density at radius 2 is 1.74 bits per heavy atom. The van der Waals surface area contributed by atoms with Gasteiger partial charge in [0, 0.05) is 32.2 Å². The second-order valence-corrected chi connectivity index (χ2v) is 5.43. The zero-order chi connectivity index (χ0) is 16.6. The number of nitrogen functional groups attached to an aromatic ring is 1. The van der Waals surface area contributed by atoms with Crippen molar-refractivity contribution in [3.05, 3.63) is 33.4 Å². The van der Waals surface area contributed by atoms with Crippen LogP contribution in [-0.2, 0) is 4.74 Å². The number of nitro groups is 1. The lowest BCUT2D eigenvalue weighted by Gasteiger charge is -2.27. The Kier molecular flexibility index (Phi) is 3.97. The molecule has 9 heteroatoms. The lowest BCUT2D eigenvalue weighted by molar-refractivity contribution is -0.383. The number of amides is 2. The average molecular weight is 320 g/mol. The molecule has 1 fully saturated rings. The third kappa shape index (κ3) is 2.76. The summed E-state index contributed by atoms with van der Waals surface area (Å²) < 4.78 is 5.25. The highest BCUT2D eigenvalue weighted by Crippen LogP contribution is 2.31. The van der Waals surface area contributed by atoms with E-state index >= 15 is 0 Å². The van der Waals surface area contributed by atoms with Crippen LogP contribution in [0.25, 0.3) is 0 Å². The first-order valence-electron chi connectivity index (χ1n) is 7.23. The van der Waals surface area contributed by atoms with Crippen molar-refractivity contribution in [2.45, 2.75) is 0 Å². The molecule has 0 saturated carbocycles. The minimum atomic E-state index is -0.663. The lowest BCUT2D eigenvalue weighted by atomic mass is 10.1. The van der Waals surface area contributed by atoms with Gasteiger partial charge < -0.3 is 10.5 Å². The van der Waals surface area contributed by atoms with E-state index in [-0.39, 0.29) is 29.0 Å². The molecule has 3 rings (SSSR count). The molecule has 1 aromatic carbocycles. The van der Waals surface area contributed by atoms with E-state index in [1.807, 2.05) is 0 Å². The van der Waals surface area contributed by atoms with E-state index in [2.05, 4.69) is 4.90 Å². The average Bonchev–Trinajstić information content (AvgIpc) is 2.76. The predicted octanol–water partition coefficient (Wildman–Crippen LogP) is 0.105. The Morgan fingerprint density at radius 3 is 2.35 bits per heavy atom. The van der Waals surface area contributed by atoms with Crippen molar-refractivity contribution < 1.29 is 19.2 Å². The van der Waals surface area contributed by atoms with Crippen molar-refractivity contribution in [1.82, 2.24) is 9.80 Å².